The Kier molecular flexibility index (Phi) is 5.80. The lowest BCUT2D eigenvalue weighted by Crippen LogP contribution is -2.00. The second-order valence-electron chi connectivity index (χ2n) is 5.42. The van der Waals surface area contributed by atoms with Crippen LogP contribution in [0.5, 0.6) is 5.75 Å². The summed E-state index contributed by atoms with van der Waals surface area (Å²) in [4.78, 5) is 0. The fraction of sp³-hybridized carbons (Fsp3) is 0.167. The van der Waals surface area contributed by atoms with E-state index in [2.05, 4.69) is 15.3 Å². The number of benzene rings is 2. The molecule has 0 atom stereocenters. The molecule has 26 heavy (non-hydrogen) atoms. The van der Waals surface area contributed by atoms with Crippen LogP contribution >= 0.6 is 23.8 Å². The van der Waals surface area contributed by atoms with Gasteiger partial charge in [-0.2, -0.15) is 14.9 Å². The smallest absolute Gasteiger partial charge is 0.216 e. The van der Waals surface area contributed by atoms with E-state index >= 15 is 0 Å². The van der Waals surface area contributed by atoms with Crippen molar-refractivity contribution in [2.24, 2.45) is 5.10 Å². The van der Waals surface area contributed by atoms with Gasteiger partial charge in [0.1, 0.15) is 18.2 Å². The maximum atomic E-state index is 13.8. The predicted octanol–water partition coefficient (Wildman–Crippen LogP) is 4.76. The second-order valence-corrected chi connectivity index (χ2v) is 6.21. The van der Waals surface area contributed by atoms with Gasteiger partial charge in [-0.25, -0.2) is 4.39 Å². The average molecular weight is 391 g/mol. The molecule has 0 saturated heterocycles. The molecule has 3 rings (SSSR count). The zero-order valence-corrected chi connectivity index (χ0v) is 15.5. The lowest BCUT2D eigenvalue weighted by Gasteiger charge is -2.09. The van der Waals surface area contributed by atoms with Gasteiger partial charge in [0.2, 0.25) is 4.77 Å². The SMILES string of the molecule is CCc1n[nH]c(=S)n1/N=C/c1cccc(OCc2c(F)cccc2Cl)c1. The van der Waals surface area contributed by atoms with Crippen molar-refractivity contribution in [3.63, 3.8) is 0 Å². The second kappa shape index (κ2) is 8.25. The first-order chi connectivity index (χ1) is 12.6. The van der Waals surface area contributed by atoms with E-state index in [1.807, 2.05) is 19.1 Å². The monoisotopic (exact) mass is 390 g/mol. The first-order valence-electron chi connectivity index (χ1n) is 7.95. The number of ether oxygens (including phenoxy) is 1. The first-order valence-corrected chi connectivity index (χ1v) is 8.73. The Morgan fingerprint density at radius 2 is 2.15 bits per heavy atom. The van der Waals surface area contributed by atoms with E-state index in [-0.39, 0.29) is 6.61 Å². The van der Waals surface area contributed by atoms with Crippen molar-refractivity contribution in [3.05, 3.63) is 75.0 Å². The number of H-pyrrole nitrogens is 1. The fourth-order valence-electron chi connectivity index (χ4n) is 2.31. The number of nitrogens with one attached hydrogen (secondary N) is 1. The molecule has 0 amide bonds. The quantitative estimate of drug-likeness (QED) is 0.487. The molecule has 0 unspecified atom stereocenters. The molecule has 134 valence electrons. The van der Waals surface area contributed by atoms with Crippen LogP contribution in [0, 0.1) is 10.6 Å². The molecule has 0 saturated carbocycles. The number of aromatic amines is 1. The van der Waals surface area contributed by atoms with E-state index in [0.717, 1.165) is 11.4 Å². The summed E-state index contributed by atoms with van der Waals surface area (Å²) in [6.07, 6.45) is 2.37. The van der Waals surface area contributed by atoms with Crippen molar-refractivity contribution in [1.82, 2.24) is 14.9 Å². The molecular weight excluding hydrogens is 375 g/mol. The van der Waals surface area contributed by atoms with Crippen molar-refractivity contribution in [2.45, 2.75) is 20.0 Å². The number of nitrogens with zero attached hydrogens (tertiary/aromatic N) is 3. The number of aryl methyl sites for hydroxylation is 1. The molecule has 8 heteroatoms. The molecule has 0 aliphatic rings. The van der Waals surface area contributed by atoms with Gasteiger partial charge in [0.25, 0.3) is 0 Å². The summed E-state index contributed by atoms with van der Waals surface area (Å²) in [6.45, 7) is 2.01. The van der Waals surface area contributed by atoms with Gasteiger partial charge < -0.3 is 4.74 Å². The summed E-state index contributed by atoms with van der Waals surface area (Å²) < 4.78 is 21.5. The molecule has 2 aromatic carbocycles. The highest BCUT2D eigenvalue weighted by Crippen LogP contribution is 2.21. The van der Waals surface area contributed by atoms with Gasteiger partial charge in [0, 0.05) is 12.0 Å². The van der Waals surface area contributed by atoms with Gasteiger partial charge in [-0.15, -0.1) is 0 Å². The van der Waals surface area contributed by atoms with Crippen molar-refractivity contribution in [3.8, 4) is 5.75 Å². The Morgan fingerprint density at radius 1 is 1.35 bits per heavy atom. The van der Waals surface area contributed by atoms with E-state index in [1.165, 1.54) is 6.07 Å². The third kappa shape index (κ3) is 4.17. The van der Waals surface area contributed by atoms with Crippen LogP contribution in [-0.2, 0) is 13.0 Å². The van der Waals surface area contributed by atoms with Gasteiger partial charge in [0.05, 0.1) is 11.2 Å². The molecule has 0 spiro atoms. The number of aromatic nitrogens is 3. The molecule has 1 aromatic heterocycles. The topological polar surface area (TPSA) is 55.2 Å². The Bertz CT molecular complexity index is 979. The Balaban J connectivity index is 1.75. The van der Waals surface area contributed by atoms with E-state index in [9.17, 15) is 4.39 Å². The summed E-state index contributed by atoms with van der Waals surface area (Å²) in [5.41, 5.74) is 1.14. The van der Waals surface area contributed by atoms with E-state index < -0.39 is 5.82 Å². The van der Waals surface area contributed by atoms with Crippen LogP contribution in [0.15, 0.2) is 47.6 Å². The van der Waals surface area contributed by atoms with Crippen molar-refractivity contribution < 1.29 is 9.13 Å². The van der Waals surface area contributed by atoms with Crippen LogP contribution < -0.4 is 4.74 Å². The summed E-state index contributed by atoms with van der Waals surface area (Å²) in [6, 6.07) is 11.8. The summed E-state index contributed by atoms with van der Waals surface area (Å²) >= 11 is 11.2. The molecule has 0 aliphatic heterocycles. The van der Waals surface area contributed by atoms with E-state index in [0.29, 0.717) is 27.5 Å². The molecule has 0 fully saturated rings. The van der Waals surface area contributed by atoms with Crippen LogP contribution in [0.25, 0.3) is 0 Å². The van der Waals surface area contributed by atoms with E-state index in [1.54, 1.807) is 35.2 Å². The first kappa shape index (κ1) is 18.3. The lowest BCUT2D eigenvalue weighted by atomic mass is 10.2. The average Bonchev–Trinajstić information content (AvgIpc) is 3.00. The van der Waals surface area contributed by atoms with Crippen LogP contribution in [0.2, 0.25) is 5.02 Å². The lowest BCUT2D eigenvalue weighted by molar-refractivity contribution is 0.300. The molecule has 3 aromatic rings. The summed E-state index contributed by atoms with van der Waals surface area (Å²) in [7, 11) is 0. The van der Waals surface area contributed by atoms with Crippen LogP contribution in [0.3, 0.4) is 0 Å². The van der Waals surface area contributed by atoms with E-state index in [4.69, 9.17) is 28.6 Å². The highest BCUT2D eigenvalue weighted by atomic mass is 35.5. The zero-order valence-electron chi connectivity index (χ0n) is 13.9. The highest BCUT2D eigenvalue weighted by molar-refractivity contribution is 7.71. The van der Waals surface area contributed by atoms with Gasteiger partial charge >= 0.3 is 0 Å². The van der Waals surface area contributed by atoms with Gasteiger partial charge in [-0.3, -0.25) is 5.10 Å². The summed E-state index contributed by atoms with van der Waals surface area (Å²) in [5.74, 6) is 0.935. The fourth-order valence-corrected chi connectivity index (χ4v) is 2.72. The Hall–Kier alpha value is -2.51. The highest BCUT2D eigenvalue weighted by Gasteiger charge is 2.08. The molecule has 0 radical (unpaired) electrons. The van der Waals surface area contributed by atoms with Crippen LogP contribution in [0.1, 0.15) is 23.9 Å². The Morgan fingerprint density at radius 3 is 2.92 bits per heavy atom. The van der Waals surface area contributed by atoms with Crippen LogP contribution in [0.4, 0.5) is 4.39 Å². The molecule has 1 N–H and O–H groups in total. The third-order valence-electron chi connectivity index (χ3n) is 3.66. The largest absolute Gasteiger partial charge is 0.489 e. The number of hydrogen-bond acceptors (Lipinski definition) is 4. The molecule has 5 nitrogen and oxygen atoms in total. The standard InChI is InChI=1S/C18H16ClFN4OS/c1-2-17-22-23-18(26)24(17)21-10-12-5-3-6-13(9-12)25-11-14-15(19)7-4-8-16(14)20/h3-10H,2,11H2,1H3,(H,23,26)/b21-10+. The molecule has 0 bridgehead atoms. The third-order valence-corrected chi connectivity index (χ3v) is 4.28. The number of rotatable bonds is 6. The number of hydrogen-bond donors (Lipinski definition) is 1. The minimum absolute atomic E-state index is 0.0406. The zero-order chi connectivity index (χ0) is 18.5. The predicted molar refractivity (Wildman–Crippen MR) is 102 cm³/mol. The maximum absolute atomic E-state index is 13.8. The van der Waals surface area contributed by atoms with Gasteiger partial charge in [0.15, 0.2) is 5.82 Å². The molecular formula is C18H16ClFN4OS. The minimum atomic E-state index is -0.392. The summed E-state index contributed by atoms with van der Waals surface area (Å²) in [5, 5.41) is 11.5. The van der Waals surface area contributed by atoms with Gasteiger partial charge in [-0.05, 0) is 42.0 Å². The van der Waals surface area contributed by atoms with Gasteiger partial charge in [-0.1, -0.05) is 36.7 Å². The van der Waals surface area contributed by atoms with Crippen molar-refractivity contribution >= 4 is 30.0 Å². The van der Waals surface area contributed by atoms with Crippen molar-refractivity contribution in [1.29, 1.82) is 0 Å². The molecule has 1 heterocycles. The normalized spacial score (nSPS) is 11.2. The molecule has 0 aliphatic carbocycles. The minimum Gasteiger partial charge on any atom is -0.489 e. The van der Waals surface area contributed by atoms with Crippen molar-refractivity contribution in [2.75, 3.05) is 0 Å². The number of halogens is 2. The maximum Gasteiger partial charge on any atom is 0.216 e. The van der Waals surface area contributed by atoms with Crippen LogP contribution in [-0.4, -0.2) is 21.1 Å². The Labute approximate surface area is 160 Å².